The Balaban J connectivity index is 1.71. The van der Waals surface area contributed by atoms with Crippen LogP contribution in [0.15, 0.2) is 54.6 Å². The van der Waals surface area contributed by atoms with Crippen LogP contribution in [-0.4, -0.2) is 56.6 Å². The summed E-state index contributed by atoms with van der Waals surface area (Å²) in [6.45, 7) is 4.50. The number of carbonyl (C=O) groups excluding carboxylic acids is 2. The van der Waals surface area contributed by atoms with Crippen molar-refractivity contribution in [1.82, 2.24) is 10.2 Å². The molecule has 0 spiro atoms. The van der Waals surface area contributed by atoms with Gasteiger partial charge in [-0.15, -0.1) is 0 Å². The Hall–Kier alpha value is -2.87. The Kier molecular flexibility index (Phi) is 11.2. The van der Waals surface area contributed by atoms with Crippen molar-refractivity contribution < 1.29 is 18.0 Å². The zero-order valence-corrected chi connectivity index (χ0v) is 23.9. The molecule has 0 aliphatic heterocycles. The van der Waals surface area contributed by atoms with E-state index in [-0.39, 0.29) is 30.8 Å². The third-order valence-electron chi connectivity index (χ3n) is 7.26. The lowest BCUT2D eigenvalue weighted by Gasteiger charge is -2.33. The molecule has 208 valence electrons. The van der Waals surface area contributed by atoms with Crippen molar-refractivity contribution in [1.29, 1.82) is 0 Å². The first-order valence-electron chi connectivity index (χ1n) is 13.9. The van der Waals surface area contributed by atoms with Crippen LogP contribution in [-0.2, 0) is 26.0 Å². The van der Waals surface area contributed by atoms with Crippen LogP contribution < -0.4 is 9.62 Å². The van der Waals surface area contributed by atoms with Gasteiger partial charge in [0.2, 0.25) is 21.8 Å². The van der Waals surface area contributed by atoms with Gasteiger partial charge in [0.1, 0.15) is 6.04 Å². The third kappa shape index (κ3) is 8.86. The smallest absolute Gasteiger partial charge is 0.243 e. The van der Waals surface area contributed by atoms with E-state index < -0.39 is 16.1 Å². The summed E-state index contributed by atoms with van der Waals surface area (Å²) in [6.07, 6.45) is 8.32. The lowest BCUT2D eigenvalue weighted by Crippen LogP contribution is -2.52. The van der Waals surface area contributed by atoms with Gasteiger partial charge in [-0.05, 0) is 62.3 Å². The van der Waals surface area contributed by atoms with Crippen molar-refractivity contribution in [3.05, 3.63) is 65.7 Å². The number of amides is 2. The summed E-state index contributed by atoms with van der Waals surface area (Å²) in [5, 5.41) is 3.20. The number of benzene rings is 2. The van der Waals surface area contributed by atoms with Crippen molar-refractivity contribution in [2.24, 2.45) is 0 Å². The lowest BCUT2D eigenvalue weighted by molar-refractivity contribution is -0.141. The quantitative estimate of drug-likeness (QED) is 0.393. The molecule has 0 heterocycles. The Morgan fingerprint density at radius 2 is 1.71 bits per heavy atom. The molecule has 8 heteroatoms. The first kappa shape index (κ1) is 29.7. The summed E-state index contributed by atoms with van der Waals surface area (Å²) in [7, 11) is -3.51. The molecule has 0 aromatic heterocycles. The van der Waals surface area contributed by atoms with Crippen molar-refractivity contribution in [3.8, 4) is 0 Å². The summed E-state index contributed by atoms with van der Waals surface area (Å²) >= 11 is 0. The average molecular weight is 542 g/mol. The highest BCUT2D eigenvalue weighted by atomic mass is 32.2. The van der Waals surface area contributed by atoms with Gasteiger partial charge >= 0.3 is 0 Å². The van der Waals surface area contributed by atoms with E-state index >= 15 is 0 Å². The standard InChI is InChI=1S/C30H43N3O4S/c1-4-28(30(35)31-26-16-9-6-10-17-26)32(22-20-25-14-7-5-8-15-25)29(34)19-12-21-33(38(3,36)37)27-18-11-13-24(2)23-27/h5,7-8,11,13-15,18,23,26,28H,4,6,9-10,12,16-17,19-22H2,1-3H3,(H,31,35)/t28-/m0/s1. The largest absolute Gasteiger partial charge is 0.352 e. The Bertz CT molecular complexity index is 1150. The second-order valence-corrected chi connectivity index (χ2v) is 12.3. The minimum atomic E-state index is -3.51. The second-order valence-electron chi connectivity index (χ2n) is 10.4. The van der Waals surface area contributed by atoms with Crippen molar-refractivity contribution in [3.63, 3.8) is 0 Å². The van der Waals surface area contributed by atoms with Gasteiger partial charge < -0.3 is 10.2 Å². The molecule has 0 bridgehead atoms. The molecule has 1 saturated carbocycles. The molecule has 1 N–H and O–H groups in total. The van der Waals surface area contributed by atoms with Gasteiger partial charge in [-0.25, -0.2) is 8.42 Å². The van der Waals surface area contributed by atoms with Crippen LogP contribution in [0.4, 0.5) is 5.69 Å². The topological polar surface area (TPSA) is 86.8 Å². The molecule has 1 fully saturated rings. The van der Waals surface area contributed by atoms with Crippen LogP contribution >= 0.6 is 0 Å². The number of nitrogens with one attached hydrogen (secondary N) is 1. The minimum absolute atomic E-state index is 0.0849. The van der Waals surface area contributed by atoms with Crippen LogP contribution in [0.2, 0.25) is 0 Å². The van der Waals surface area contributed by atoms with Gasteiger partial charge in [0.05, 0.1) is 11.9 Å². The van der Waals surface area contributed by atoms with E-state index in [1.807, 2.05) is 62.4 Å². The van der Waals surface area contributed by atoms with Gasteiger partial charge in [-0.1, -0.05) is 68.7 Å². The van der Waals surface area contributed by atoms with E-state index in [0.29, 0.717) is 31.5 Å². The van der Waals surface area contributed by atoms with Gasteiger partial charge in [-0.3, -0.25) is 13.9 Å². The monoisotopic (exact) mass is 541 g/mol. The highest BCUT2D eigenvalue weighted by Gasteiger charge is 2.30. The van der Waals surface area contributed by atoms with Crippen LogP contribution in [0.3, 0.4) is 0 Å². The molecule has 2 aromatic rings. The number of sulfonamides is 1. The van der Waals surface area contributed by atoms with E-state index in [1.165, 1.54) is 17.0 Å². The SMILES string of the molecule is CC[C@@H](C(=O)NC1CCCCC1)N(CCc1ccccc1)C(=O)CCCN(c1cccc(C)c1)S(C)(=O)=O. The van der Waals surface area contributed by atoms with Crippen LogP contribution in [0.25, 0.3) is 0 Å². The van der Waals surface area contributed by atoms with E-state index in [4.69, 9.17) is 0 Å². The van der Waals surface area contributed by atoms with Crippen LogP contribution in [0.1, 0.15) is 69.4 Å². The second kappa shape index (κ2) is 14.3. The molecule has 1 atom stereocenters. The normalized spacial score (nSPS) is 15.0. The number of nitrogens with zero attached hydrogens (tertiary/aromatic N) is 2. The molecule has 1 aliphatic carbocycles. The Labute approximate surface area is 228 Å². The first-order valence-corrected chi connectivity index (χ1v) is 15.7. The van der Waals surface area contributed by atoms with Crippen molar-refractivity contribution >= 4 is 27.5 Å². The molecule has 0 unspecified atom stereocenters. The van der Waals surface area contributed by atoms with E-state index in [0.717, 1.165) is 36.8 Å². The summed E-state index contributed by atoms with van der Waals surface area (Å²) < 4.78 is 26.4. The predicted molar refractivity (Wildman–Crippen MR) is 154 cm³/mol. The molecule has 38 heavy (non-hydrogen) atoms. The third-order valence-corrected chi connectivity index (χ3v) is 8.46. The fourth-order valence-corrected chi connectivity index (χ4v) is 6.18. The van der Waals surface area contributed by atoms with Gasteiger partial charge in [-0.2, -0.15) is 0 Å². The number of rotatable bonds is 13. The van der Waals surface area contributed by atoms with Crippen LogP contribution in [0, 0.1) is 6.92 Å². The fraction of sp³-hybridized carbons (Fsp3) is 0.533. The first-order chi connectivity index (χ1) is 18.2. The lowest BCUT2D eigenvalue weighted by atomic mass is 9.95. The predicted octanol–water partition coefficient (Wildman–Crippen LogP) is 4.84. The minimum Gasteiger partial charge on any atom is -0.352 e. The Morgan fingerprint density at radius 3 is 2.34 bits per heavy atom. The molecule has 7 nitrogen and oxygen atoms in total. The van der Waals surface area contributed by atoms with E-state index in [2.05, 4.69) is 5.32 Å². The van der Waals surface area contributed by atoms with Gasteiger partial charge in [0.15, 0.2) is 0 Å². The summed E-state index contributed by atoms with van der Waals surface area (Å²) in [5.41, 5.74) is 2.67. The average Bonchev–Trinajstić information content (AvgIpc) is 2.89. The highest BCUT2D eigenvalue weighted by Crippen LogP contribution is 2.21. The number of hydrogen-bond donors (Lipinski definition) is 1. The molecule has 2 amide bonds. The molecule has 0 saturated heterocycles. The molecule has 2 aromatic carbocycles. The molecule has 0 radical (unpaired) electrons. The van der Waals surface area contributed by atoms with Gasteiger partial charge in [0, 0.05) is 25.6 Å². The number of carbonyl (C=O) groups is 2. The maximum atomic E-state index is 13.6. The fourth-order valence-electron chi connectivity index (χ4n) is 5.23. The summed E-state index contributed by atoms with van der Waals surface area (Å²) in [6, 6.07) is 16.9. The Morgan fingerprint density at radius 1 is 1.00 bits per heavy atom. The van der Waals surface area contributed by atoms with Crippen molar-refractivity contribution in [2.45, 2.75) is 83.7 Å². The number of hydrogen-bond acceptors (Lipinski definition) is 4. The summed E-state index contributed by atoms with van der Waals surface area (Å²) in [4.78, 5) is 28.6. The zero-order chi connectivity index (χ0) is 27.5. The highest BCUT2D eigenvalue weighted by molar-refractivity contribution is 7.92. The number of aryl methyl sites for hydroxylation is 1. The van der Waals surface area contributed by atoms with E-state index in [1.54, 1.807) is 11.0 Å². The maximum Gasteiger partial charge on any atom is 0.243 e. The summed E-state index contributed by atoms with van der Waals surface area (Å²) in [5.74, 6) is -0.206. The van der Waals surface area contributed by atoms with Crippen molar-refractivity contribution in [2.75, 3.05) is 23.7 Å². The number of anilines is 1. The molecule has 3 rings (SSSR count). The molecule has 1 aliphatic rings. The van der Waals surface area contributed by atoms with E-state index in [9.17, 15) is 18.0 Å². The maximum absolute atomic E-state index is 13.6. The zero-order valence-electron chi connectivity index (χ0n) is 23.1. The molecular formula is C30H43N3O4S. The van der Waals surface area contributed by atoms with Crippen LogP contribution in [0.5, 0.6) is 0 Å². The molecular weight excluding hydrogens is 498 g/mol. The van der Waals surface area contributed by atoms with Gasteiger partial charge in [0.25, 0.3) is 0 Å².